The summed E-state index contributed by atoms with van der Waals surface area (Å²) in [6.45, 7) is 2.10. The zero-order valence-electron chi connectivity index (χ0n) is 11.4. The fourth-order valence-electron chi connectivity index (χ4n) is 1.81. The predicted octanol–water partition coefficient (Wildman–Crippen LogP) is 4.39. The summed E-state index contributed by atoms with van der Waals surface area (Å²) < 4.78 is 6.77. The minimum Gasteiger partial charge on any atom is -0.457 e. The van der Waals surface area contributed by atoms with E-state index in [1.807, 2.05) is 25.2 Å². The lowest BCUT2D eigenvalue weighted by Crippen LogP contribution is -2.12. The van der Waals surface area contributed by atoms with Gasteiger partial charge in [0.1, 0.15) is 11.5 Å². The summed E-state index contributed by atoms with van der Waals surface area (Å²) in [5.74, 6) is 1.47. The zero-order valence-corrected chi connectivity index (χ0v) is 12.9. The molecule has 0 fully saturated rings. The van der Waals surface area contributed by atoms with Crippen LogP contribution >= 0.6 is 15.9 Å². The van der Waals surface area contributed by atoms with Crippen molar-refractivity contribution in [2.75, 3.05) is 7.05 Å². The molecular formula is C16H15BrN2O. The van der Waals surface area contributed by atoms with Crippen LogP contribution in [0.2, 0.25) is 0 Å². The third-order valence-corrected chi connectivity index (χ3v) is 3.78. The van der Waals surface area contributed by atoms with Gasteiger partial charge in [-0.3, -0.25) is 0 Å². The van der Waals surface area contributed by atoms with Crippen molar-refractivity contribution in [2.24, 2.45) is 0 Å². The van der Waals surface area contributed by atoms with Crippen LogP contribution in [0.5, 0.6) is 11.5 Å². The van der Waals surface area contributed by atoms with Crippen LogP contribution < -0.4 is 10.1 Å². The summed E-state index contributed by atoms with van der Waals surface area (Å²) in [5, 5.41) is 12.0. The van der Waals surface area contributed by atoms with Crippen molar-refractivity contribution in [3.63, 3.8) is 0 Å². The molecule has 0 aromatic heterocycles. The number of ether oxygens (including phenoxy) is 1. The van der Waals surface area contributed by atoms with Crippen molar-refractivity contribution < 1.29 is 4.74 Å². The topological polar surface area (TPSA) is 45.0 Å². The van der Waals surface area contributed by atoms with E-state index in [4.69, 9.17) is 10.00 Å². The van der Waals surface area contributed by atoms with Gasteiger partial charge in [0.15, 0.2) is 0 Å². The quantitative estimate of drug-likeness (QED) is 0.903. The van der Waals surface area contributed by atoms with E-state index >= 15 is 0 Å². The van der Waals surface area contributed by atoms with E-state index in [-0.39, 0.29) is 6.04 Å². The number of benzene rings is 2. The summed E-state index contributed by atoms with van der Waals surface area (Å²) in [7, 11) is 1.93. The fraction of sp³-hybridized carbons (Fsp3) is 0.188. The largest absolute Gasteiger partial charge is 0.457 e. The molecule has 20 heavy (non-hydrogen) atoms. The first kappa shape index (κ1) is 14.6. The van der Waals surface area contributed by atoms with Crippen molar-refractivity contribution in [1.82, 2.24) is 5.32 Å². The Morgan fingerprint density at radius 3 is 2.35 bits per heavy atom. The highest BCUT2D eigenvalue weighted by Gasteiger charge is 2.08. The monoisotopic (exact) mass is 330 g/mol. The fourth-order valence-corrected chi connectivity index (χ4v) is 2.51. The maximum absolute atomic E-state index is 8.76. The first-order chi connectivity index (χ1) is 9.63. The SMILES string of the molecule is CNC(C)c1ccc(Oc2ccc(C#N)cc2)cc1Br. The molecule has 1 N–H and O–H groups in total. The molecule has 2 rings (SSSR count). The van der Waals surface area contributed by atoms with E-state index < -0.39 is 0 Å². The Morgan fingerprint density at radius 2 is 1.80 bits per heavy atom. The van der Waals surface area contributed by atoms with Gasteiger partial charge in [-0.1, -0.05) is 22.0 Å². The van der Waals surface area contributed by atoms with Gasteiger partial charge in [0.2, 0.25) is 0 Å². The van der Waals surface area contributed by atoms with Crippen LogP contribution in [0, 0.1) is 11.3 Å². The van der Waals surface area contributed by atoms with Crippen LogP contribution in [0.25, 0.3) is 0 Å². The van der Waals surface area contributed by atoms with Crippen LogP contribution in [0.15, 0.2) is 46.9 Å². The summed E-state index contributed by atoms with van der Waals surface area (Å²) in [6, 6.07) is 15.3. The van der Waals surface area contributed by atoms with E-state index in [9.17, 15) is 0 Å². The Kier molecular flexibility index (Phi) is 4.78. The molecule has 0 saturated carbocycles. The second kappa shape index (κ2) is 6.56. The highest BCUT2D eigenvalue weighted by molar-refractivity contribution is 9.10. The molecule has 0 aliphatic rings. The van der Waals surface area contributed by atoms with Crippen molar-refractivity contribution in [2.45, 2.75) is 13.0 Å². The van der Waals surface area contributed by atoms with E-state index in [1.54, 1.807) is 24.3 Å². The van der Waals surface area contributed by atoms with E-state index in [1.165, 1.54) is 5.56 Å². The number of halogens is 1. The molecule has 1 atom stereocenters. The molecule has 0 saturated heterocycles. The lowest BCUT2D eigenvalue weighted by atomic mass is 10.1. The third kappa shape index (κ3) is 3.38. The number of hydrogen-bond donors (Lipinski definition) is 1. The van der Waals surface area contributed by atoms with Crippen molar-refractivity contribution in [3.05, 3.63) is 58.1 Å². The Hall–Kier alpha value is -1.83. The van der Waals surface area contributed by atoms with E-state index in [0.29, 0.717) is 11.3 Å². The van der Waals surface area contributed by atoms with Crippen LogP contribution in [0.4, 0.5) is 0 Å². The van der Waals surface area contributed by atoms with Gasteiger partial charge < -0.3 is 10.1 Å². The van der Waals surface area contributed by atoms with Gasteiger partial charge in [-0.2, -0.15) is 5.26 Å². The summed E-state index contributed by atoms with van der Waals surface area (Å²) in [5.41, 5.74) is 1.80. The second-order valence-corrected chi connectivity index (χ2v) is 5.29. The van der Waals surface area contributed by atoms with Crippen LogP contribution in [0.1, 0.15) is 24.1 Å². The maximum atomic E-state index is 8.76. The lowest BCUT2D eigenvalue weighted by Gasteiger charge is -2.14. The number of nitrogens with one attached hydrogen (secondary N) is 1. The Balaban J connectivity index is 2.17. The normalized spacial score (nSPS) is 11.7. The number of rotatable bonds is 4. The Labute approximate surface area is 127 Å². The number of nitrogens with zero attached hydrogens (tertiary/aromatic N) is 1. The molecule has 2 aromatic rings. The predicted molar refractivity (Wildman–Crippen MR) is 82.8 cm³/mol. The minimum atomic E-state index is 0.272. The zero-order chi connectivity index (χ0) is 14.5. The standard InChI is InChI=1S/C16H15BrN2O/c1-11(19-2)15-8-7-14(9-16(15)17)20-13-5-3-12(10-18)4-6-13/h3-9,11,19H,1-2H3. The first-order valence-corrected chi connectivity index (χ1v) is 7.08. The smallest absolute Gasteiger partial charge is 0.128 e. The average molecular weight is 331 g/mol. The molecular weight excluding hydrogens is 316 g/mol. The van der Waals surface area contributed by atoms with Crippen molar-refractivity contribution >= 4 is 15.9 Å². The molecule has 4 heteroatoms. The second-order valence-electron chi connectivity index (χ2n) is 4.43. The molecule has 1 unspecified atom stereocenters. The number of hydrogen-bond acceptors (Lipinski definition) is 3. The molecule has 2 aromatic carbocycles. The van der Waals surface area contributed by atoms with E-state index in [2.05, 4.69) is 34.2 Å². The average Bonchev–Trinajstić information content (AvgIpc) is 2.47. The van der Waals surface area contributed by atoms with Gasteiger partial charge in [-0.05, 0) is 55.9 Å². The van der Waals surface area contributed by atoms with Gasteiger partial charge in [-0.15, -0.1) is 0 Å². The first-order valence-electron chi connectivity index (χ1n) is 6.28. The van der Waals surface area contributed by atoms with Crippen molar-refractivity contribution in [3.8, 4) is 17.6 Å². The molecule has 3 nitrogen and oxygen atoms in total. The lowest BCUT2D eigenvalue weighted by molar-refractivity contribution is 0.481. The summed E-state index contributed by atoms with van der Waals surface area (Å²) >= 11 is 3.56. The van der Waals surface area contributed by atoms with Gasteiger partial charge in [0.05, 0.1) is 11.6 Å². The maximum Gasteiger partial charge on any atom is 0.128 e. The molecule has 102 valence electrons. The minimum absolute atomic E-state index is 0.272. The van der Waals surface area contributed by atoms with E-state index in [0.717, 1.165) is 10.2 Å². The van der Waals surface area contributed by atoms with Gasteiger partial charge in [0, 0.05) is 10.5 Å². The van der Waals surface area contributed by atoms with Crippen LogP contribution in [0.3, 0.4) is 0 Å². The number of nitriles is 1. The molecule has 0 aliphatic heterocycles. The Morgan fingerprint density at radius 1 is 1.15 bits per heavy atom. The molecule has 0 amide bonds. The van der Waals surface area contributed by atoms with Crippen LogP contribution in [-0.4, -0.2) is 7.05 Å². The van der Waals surface area contributed by atoms with Crippen molar-refractivity contribution in [1.29, 1.82) is 5.26 Å². The van der Waals surface area contributed by atoms with Crippen LogP contribution in [-0.2, 0) is 0 Å². The molecule has 0 aliphatic carbocycles. The molecule has 0 spiro atoms. The molecule has 0 heterocycles. The molecule has 0 radical (unpaired) electrons. The Bertz CT molecular complexity index is 632. The third-order valence-electron chi connectivity index (χ3n) is 3.09. The summed E-state index contributed by atoms with van der Waals surface area (Å²) in [4.78, 5) is 0. The van der Waals surface area contributed by atoms with Gasteiger partial charge in [0.25, 0.3) is 0 Å². The highest BCUT2D eigenvalue weighted by Crippen LogP contribution is 2.30. The van der Waals surface area contributed by atoms with Gasteiger partial charge >= 0.3 is 0 Å². The highest BCUT2D eigenvalue weighted by atomic mass is 79.9. The van der Waals surface area contributed by atoms with Gasteiger partial charge in [-0.25, -0.2) is 0 Å². The molecule has 0 bridgehead atoms. The summed E-state index contributed by atoms with van der Waals surface area (Å²) in [6.07, 6.45) is 0.